The van der Waals surface area contributed by atoms with E-state index >= 15 is 0 Å². The van der Waals surface area contributed by atoms with Crippen molar-refractivity contribution in [2.45, 2.75) is 31.6 Å². The normalized spacial score (nSPS) is 22.3. The molecule has 1 aliphatic heterocycles. The Labute approximate surface area is 125 Å². The average Bonchev–Trinajstić information content (AvgIpc) is 2.81. The molecule has 1 aliphatic rings. The van der Waals surface area contributed by atoms with Gasteiger partial charge in [-0.1, -0.05) is 0 Å². The average molecular weight is 463 g/mol. The van der Waals surface area contributed by atoms with Crippen molar-refractivity contribution in [3.8, 4) is 0 Å². The van der Waals surface area contributed by atoms with E-state index < -0.39 is 0 Å². The quantitative estimate of drug-likeness (QED) is 0.658. The van der Waals surface area contributed by atoms with Crippen molar-refractivity contribution in [2.24, 2.45) is 0 Å². The fraction of sp³-hybridized carbons (Fsp3) is 0.545. The van der Waals surface area contributed by atoms with Crippen LogP contribution in [0.5, 0.6) is 0 Å². The van der Waals surface area contributed by atoms with Gasteiger partial charge in [-0.15, -0.1) is 0 Å². The van der Waals surface area contributed by atoms with E-state index in [1.54, 1.807) is 12.3 Å². The van der Waals surface area contributed by atoms with E-state index in [-0.39, 0.29) is 49.1 Å². The Morgan fingerprint density at radius 1 is 1.59 bits per heavy atom. The molecule has 0 saturated carbocycles. The van der Waals surface area contributed by atoms with Crippen LogP contribution in [0.25, 0.3) is 0 Å². The first-order chi connectivity index (χ1) is 7.81. The van der Waals surface area contributed by atoms with Crippen LogP contribution in [0.15, 0.2) is 23.3 Å². The van der Waals surface area contributed by atoms with Gasteiger partial charge in [0, 0.05) is 56.7 Å². The molecule has 0 spiro atoms. The van der Waals surface area contributed by atoms with Crippen LogP contribution in [-0.2, 0) is 4.74 Å². The molecule has 0 bridgehead atoms. The monoisotopic (exact) mass is 463 g/mol. The number of aliphatic hydroxyl groups excluding tert-OH is 1. The third-order valence-corrected chi connectivity index (χ3v) is 2.46. The van der Waals surface area contributed by atoms with E-state index in [1.807, 2.05) is 0 Å². The van der Waals surface area contributed by atoms with Crippen LogP contribution < -0.4 is 5.69 Å². The van der Waals surface area contributed by atoms with Gasteiger partial charge >= 0.3 is 5.69 Å². The first-order valence-electron chi connectivity index (χ1n) is 5.24. The van der Waals surface area contributed by atoms with Crippen molar-refractivity contribution >= 4 is 0 Å². The molecule has 2 atom stereocenters. The summed E-state index contributed by atoms with van der Waals surface area (Å²) in [4.78, 5) is 15.0. The first kappa shape index (κ1) is 16.9. The topological polar surface area (TPSA) is 64.3 Å². The Kier molecular flexibility index (Phi) is 8.80. The Hall–Kier alpha value is -0.148. The summed E-state index contributed by atoms with van der Waals surface area (Å²) in [5, 5.41) is 7.00. The molecular weight excluding hydrogens is 446 g/mol. The molecule has 1 fully saturated rings. The summed E-state index contributed by atoms with van der Waals surface area (Å²) in [6, 6.07) is 1.74. The number of hydrogen-bond donors (Lipinski definition) is 1. The maximum Gasteiger partial charge on any atom is 0.349 e. The molecule has 2 rings (SSSR count). The van der Waals surface area contributed by atoms with Gasteiger partial charge in [0.2, 0.25) is 0 Å². The summed E-state index contributed by atoms with van der Waals surface area (Å²) in [6.07, 6.45) is 5.83. The Balaban J connectivity index is 0.000000811. The summed E-state index contributed by atoms with van der Waals surface area (Å²) in [5.41, 5.74) is -0.248. The van der Waals surface area contributed by atoms with Crippen LogP contribution in [0.4, 0.5) is 0 Å². The zero-order chi connectivity index (χ0) is 12.0. The van der Waals surface area contributed by atoms with Crippen molar-refractivity contribution in [3.05, 3.63) is 35.9 Å². The van der Waals surface area contributed by atoms with Crippen molar-refractivity contribution < 1.29 is 41.0 Å². The summed E-state index contributed by atoms with van der Waals surface area (Å²) in [7, 11) is 1.00. The number of aromatic nitrogens is 2. The van der Waals surface area contributed by atoms with Crippen molar-refractivity contribution in [1.29, 1.82) is 0 Å². The van der Waals surface area contributed by atoms with Gasteiger partial charge in [0.15, 0.2) is 0 Å². The Bertz CT molecular complexity index is 370. The molecule has 1 N–H and O–H groups in total. The van der Waals surface area contributed by atoms with Gasteiger partial charge in [0.25, 0.3) is 0 Å². The molecule has 94 valence electrons. The van der Waals surface area contributed by atoms with Crippen molar-refractivity contribution in [3.63, 3.8) is 0 Å². The number of aliphatic hydroxyl groups is 1. The predicted octanol–water partition coefficient (Wildman–Crippen LogP) is 0.754. The number of ether oxygens (including phenoxy) is 1. The van der Waals surface area contributed by atoms with Crippen LogP contribution in [-0.4, -0.2) is 27.9 Å². The van der Waals surface area contributed by atoms with Crippen LogP contribution in [0.2, 0.25) is 0 Å². The molecule has 2 heterocycles. The molecule has 0 aliphatic carbocycles. The number of rotatable bonds is 2. The van der Waals surface area contributed by atoms with Gasteiger partial charge in [0.1, 0.15) is 6.23 Å². The maximum atomic E-state index is 11.4. The van der Waals surface area contributed by atoms with E-state index in [1.165, 1.54) is 10.8 Å². The zero-order valence-electron chi connectivity index (χ0n) is 9.87. The second-order valence-corrected chi connectivity index (χ2v) is 3.39. The minimum absolute atomic E-state index is 0. The van der Waals surface area contributed by atoms with Gasteiger partial charge in [-0.2, -0.15) is 6.42 Å². The van der Waals surface area contributed by atoms with Crippen LogP contribution in [0, 0.1) is 38.0 Å². The summed E-state index contributed by atoms with van der Waals surface area (Å²) in [5.74, 6) is 0. The third kappa shape index (κ3) is 4.55. The Morgan fingerprint density at radius 2 is 2.29 bits per heavy atom. The fourth-order valence-electron chi connectivity index (χ4n) is 1.69. The smallest absolute Gasteiger partial charge is 0.349 e. The molecule has 5 nitrogen and oxygen atoms in total. The van der Waals surface area contributed by atoms with Crippen molar-refractivity contribution in [2.75, 3.05) is 7.11 Å². The molecule has 1 saturated heterocycles. The van der Waals surface area contributed by atoms with Crippen LogP contribution >= 0.6 is 0 Å². The van der Waals surface area contributed by atoms with Gasteiger partial charge in [0.05, 0.1) is 0 Å². The minimum atomic E-state index is -0.248. The number of nitrogens with zero attached hydrogens (tertiary/aromatic N) is 2. The largest absolute Gasteiger partial charge is 0.400 e. The van der Waals surface area contributed by atoms with E-state index in [0.29, 0.717) is 0 Å². The van der Waals surface area contributed by atoms with Gasteiger partial charge < -0.3 is 16.8 Å². The van der Waals surface area contributed by atoms with Gasteiger partial charge in [-0.25, -0.2) is 9.78 Å². The predicted molar refractivity (Wildman–Crippen MR) is 59.8 cm³/mol. The minimum Gasteiger partial charge on any atom is -0.400 e. The van der Waals surface area contributed by atoms with E-state index in [4.69, 9.17) is 9.84 Å². The maximum absolute atomic E-state index is 11.4. The number of hydrogen-bond acceptors (Lipinski definition) is 4. The fourth-order valence-corrected chi connectivity index (χ4v) is 1.69. The van der Waals surface area contributed by atoms with E-state index in [0.717, 1.165) is 26.4 Å². The van der Waals surface area contributed by atoms with Crippen molar-refractivity contribution in [1.82, 2.24) is 9.55 Å². The SMILES string of the molecule is CO.[CH2-]CC1CCC(n2cccnc2=O)O1.[U]. The van der Waals surface area contributed by atoms with Gasteiger partial charge in [-0.3, -0.25) is 4.57 Å². The Morgan fingerprint density at radius 3 is 2.82 bits per heavy atom. The molecule has 0 radical (unpaired) electrons. The van der Waals surface area contributed by atoms with Crippen LogP contribution in [0.3, 0.4) is 0 Å². The molecule has 1 aromatic rings. The van der Waals surface area contributed by atoms with E-state index in [2.05, 4.69) is 11.9 Å². The molecule has 0 amide bonds. The molecule has 1 aromatic heterocycles. The van der Waals surface area contributed by atoms with Crippen LogP contribution in [0.1, 0.15) is 25.5 Å². The molecule has 2 unspecified atom stereocenters. The summed E-state index contributed by atoms with van der Waals surface area (Å²) < 4.78 is 7.18. The summed E-state index contributed by atoms with van der Waals surface area (Å²) >= 11 is 0. The second-order valence-electron chi connectivity index (χ2n) is 3.39. The molecule has 0 aromatic carbocycles. The van der Waals surface area contributed by atoms with E-state index in [9.17, 15) is 4.79 Å². The zero-order valence-corrected chi connectivity index (χ0v) is 14.0. The molecule has 6 heteroatoms. The second kappa shape index (κ2) is 8.87. The first-order valence-corrected chi connectivity index (χ1v) is 5.24. The molecular formula is C11H17N2O3U-. The molecule has 17 heavy (non-hydrogen) atoms. The third-order valence-electron chi connectivity index (χ3n) is 2.46. The summed E-state index contributed by atoms with van der Waals surface area (Å²) in [6.45, 7) is 3.79. The van der Waals surface area contributed by atoms with Gasteiger partial charge in [-0.05, 0) is 18.9 Å². The standard InChI is InChI=1S/C10H13N2O2.CH4O.U/c1-2-8-4-5-9(14-8)12-7-3-6-11-10(12)13;1-2;/h3,6-9H,1-2,4-5H2;2H,1H3;/q-1;;.